The van der Waals surface area contributed by atoms with Gasteiger partial charge in [0, 0.05) is 49.5 Å². The Morgan fingerprint density at radius 1 is 1.29 bits per heavy atom. The maximum absolute atomic E-state index is 14.2. The molecule has 2 fully saturated rings. The Morgan fingerprint density at radius 2 is 2.06 bits per heavy atom. The lowest BCUT2D eigenvalue weighted by Crippen LogP contribution is -2.38. The maximum atomic E-state index is 14.2. The van der Waals surface area contributed by atoms with Crippen LogP contribution in [0.4, 0.5) is 14.6 Å². The molecule has 1 amide bonds. The lowest BCUT2D eigenvalue weighted by molar-refractivity contribution is -0.114. The maximum Gasteiger partial charge on any atom is 0.287 e. The van der Waals surface area contributed by atoms with Crippen LogP contribution in [0.15, 0.2) is 24.4 Å². The standard InChI is InChI=1S/C21H21F2N5O3/c1-11(29)25-18-7-16-15(8-24-18)20(12-3-4-12)27-28(16)19-6-13(31-14-9-30-10-14)5-17(26-19)21(2,22)23/h5-8,12,14H,3-4,9-10H2,1-2H3,(H,24,25,29). The van der Waals surface area contributed by atoms with E-state index in [9.17, 15) is 13.6 Å². The van der Waals surface area contributed by atoms with Crippen molar-refractivity contribution in [3.05, 3.63) is 35.8 Å². The third-order valence-electron chi connectivity index (χ3n) is 5.22. The molecule has 5 rings (SSSR count). The number of hydrogen-bond acceptors (Lipinski definition) is 6. The highest BCUT2D eigenvalue weighted by molar-refractivity contribution is 5.91. The lowest BCUT2D eigenvalue weighted by atomic mass is 10.2. The van der Waals surface area contributed by atoms with E-state index in [1.807, 2.05) is 0 Å². The molecule has 2 aliphatic rings. The summed E-state index contributed by atoms with van der Waals surface area (Å²) in [6.45, 7) is 3.02. The number of aromatic nitrogens is 4. The number of halogens is 2. The number of carbonyl (C=O) groups is 1. The molecule has 0 spiro atoms. The van der Waals surface area contributed by atoms with Crippen LogP contribution in [0.5, 0.6) is 5.75 Å². The molecule has 1 aliphatic heterocycles. The number of carbonyl (C=O) groups excluding carboxylic acids is 1. The van der Waals surface area contributed by atoms with Crippen LogP contribution in [0.3, 0.4) is 0 Å². The fraction of sp³-hybridized carbons (Fsp3) is 0.429. The van der Waals surface area contributed by atoms with Crippen molar-refractivity contribution in [2.75, 3.05) is 18.5 Å². The molecule has 8 nitrogen and oxygen atoms in total. The fourth-order valence-electron chi connectivity index (χ4n) is 3.48. The Bertz CT molecular complexity index is 1170. The van der Waals surface area contributed by atoms with Crippen molar-refractivity contribution >= 4 is 22.6 Å². The molecule has 0 radical (unpaired) electrons. The summed E-state index contributed by atoms with van der Waals surface area (Å²) < 4.78 is 40.8. The Kier molecular flexibility index (Phi) is 4.62. The molecule has 4 heterocycles. The predicted molar refractivity (Wildman–Crippen MR) is 108 cm³/mol. The third-order valence-corrected chi connectivity index (χ3v) is 5.22. The largest absolute Gasteiger partial charge is 0.485 e. The SMILES string of the molecule is CC(=O)Nc1cc2c(cn1)c(C1CC1)nn2-c1cc(OC2COC2)cc(C(C)(F)F)n1. The van der Waals surface area contributed by atoms with E-state index in [1.165, 1.54) is 17.7 Å². The number of amides is 1. The molecular weight excluding hydrogens is 408 g/mol. The van der Waals surface area contributed by atoms with Crippen molar-refractivity contribution in [1.82, 2.24) is 19.7 Å². The number of rotatable bonds is 6. The summed E-state index contributed by atoms with van der Waals surface area (Å²) in [5, 5.41) is 8.15. The summed E-state index contributed by atoms with van der Waals surface area (Å²) in [5.74, 6) is -2.27. The Balaban J connectivity index is 1.66. The highest BCUT2D eigenvalue weighted by atomic mass is 19.3. The smallest absolute Gasteiger partial charge is 0.287 e. The summed E-state index contributed by atoms with van der Waals surface area (Å²) in [4.78, 5) is 20.0. The topological polar surface area (TPSA) is 91.2 Å². The Hall–Kier alpha value is -3.14. The first-order chi connectivity index (χ1) is 14.8. The first-order valence-electron chi connectivity index (χ1n) is 10.1. The minimum absolute atomic E-state index is 0.180. The minimum atomic E-state index is -3.16. The van der Waals surface area contributed by atoms with Crippen LogP contribution in [0.1, 0.15) is 44.0 Å². The van der Waals surface area contributed by atoms with Gasteiger partial charge in [-0.3, -0.25) is 4.79 Å². The molecule has 0 bridgehead atoms. The number of hydrogen-bond donors (Lipinski definition) is 1. The van der Waals surface area contributed by atoms with E-state index < -0.39 is 11.6 Å². The molecule has 3 aromatic rings. The van der Waals surface area contributed by atoms with Gasteiger partial charge < -0.3 is 14.8 Å². The molecule has 0 unspecified atom stereocenters. The molecule has 10 heteroatoms. The van der Waals surface area contributed by atoms with Gasteiger partial charge in [-0.25, -0.2) is 14.6 Å². The van der Waals surface area contributed by atoms with Crippen LogP contribution < -0.4 is 10.1 Å². The molecular formula is C21H21F2N5O3. The van der Waals surface area contributed by atoms with Crippen LogP contribution in [0, 0.1) is 0 Å². The highest BCUT2D eigenvalue weighted by Crippen LogP contribution is 2.43. The number of anilines is 1. The van der Waals surface area contributed by atoms with Crippen molar-refractivity contribution in [3.63, 3.8) is 0 Å². The quantitative estimate of drug-likeness (QED) is 0.645. The number of nitrogens with one attached hydrogen (secondary N) is 1. The molecule has 0 aromatic carbocycles. The molecule has 1 saturated heterocycles. The number of ether oxygens (including phenoxy) is 2. The van der Waals surface area contributed by atoms with Crippen LogP contribution in [0.2, 0.25) is 0 Å². The van der Waals surface area contributed by atoms with Gasteiger partial charge in [0.1, 0.15) is 23.4 Å². The minimum Gasteiger partial charge on any atom is -0.485 e. The van der Waals surface area contributed by atoms with Crippen molar-refractivity contribution in [3.8, 4) is 11.6 Å². The van der Waals surface area contributed by atoms with Crippen LogP contribution >= 0.6 is 0 Å². The zero-order chi connectivity index (χ0) is 21.8. The lowest BCUT2D eigenvalue weighted by Gasteiger charge is -2.27. The van der Waals surface area contributed by atoms with Crippen LogP contribution in [0.25, 0.3) is 16.7 Å². The molecule has 162 valence electrons. The zero-order valence-corrected chi connectivity index (χ0v) is 17.1. The summed E-state index contributed by atoms with van der Waals surface area (Å²) in [6.07, 6.45) is 3.49. The van der Waals surface area contributed by atoms with Crippen molar-refractivity contribution in [1.29, 1.82) is 0 Å². The second kappa shape index (κ2) is 7.23. The molecule has 31 heavy (non-hydrogen) atoms. The van der Waals surface area contributed by atoms with Crippen LogP contribution in [-0.4, -0.2) is 45.0 Å². The third kappa shape index (κ3) is 3.95. The second-order valence-electron chi connectivity index (χ2n) is 8.05. The van der Waals surface area contributed by atoms with E-state index in [0.717, 1.165) is 30.8 Å². The number of fused-ring (bicyclic) bond motifs is 1. The van der Waals surface area contributed by atoms with Gasteiger partial charge in [0.15, 0.2) is 5.82 Å². The van der Waals surface area contributed by atoms with E-state index in [-0.39, 0.29) is 23.6 Å². The average Bonchev–Trinajstić information content (AvgIpc) is 3.44. The number of pyridine rings is 2. The van der Waals surface area contributed by atoms with Gasteiger partial charge >= 0.3 is 0 Å². The Labute approximate surface area is 176 Å². The first-order valence-corrected chi connectivity index (χ1v) is 10.1. The van der Waals surface area contributed by atoms with Gasteiger partial charge in [-0.05, 0) is 12.8 Å². The van der Waals surface area contributed by atoms with Crippen molar-refractivity contribution < 1.29 is 23.0 Å². The number of alkyl halides is 2. The number of nitrogens with zero attached hydrogens (tertiary/aromatic N) is 4. The van der Waals surface area contributed by atoms with Crippen molar-refractivity contribution in [2.45, 2.75) is 44.6 Å². The van der Waals surface area contributed by atoms with E-state index >= 15 is 0 Å². The molecule has 1 N–H and O–H groups in total. The summed E-state index contributed by atoms with van der Waals surface area (Å²) in [5.41, 5.74) is 1.07. The summed E-state index contributed by atoms with van der Waals surface area (Å²) >= 11 is 0. The van der Waals surface area contributed by atoms with Gasteiger partial charge in [0.2, 0.25) is 5.91 Å². The van der Waals surface area contributed by atoms with Gasteiger partial charge in [-0.2, -0.15) is 13.9 Å². The molecule has 0 atom stereocenters. The van der Waals surface area contributed by atoms with Gasteiger partial charge in [0.05, 0.1) is 24.4 Å². The van der Waals surface area contributed by atoms with E-state index in [1.54, 1.807) is 18.3 Å². The molecule has 1 aliphatic carbocycles. The second-order valence-corrected chi connectivity index (χ2v) is 8.05. The van der Waals surface area contributed by atoms with Gasteiger partial charge in [-0.1, -0.05) is 0 Å². The van der Waals surface area contributed by atoms with Gasteiger partial charge in [-0.15, -0.1) is 0 Å². The zero-order valence-electron chi connectivity index (χ0n) is 17.1. The molecule has 3 aromatic heterocycles. The highest BCUT2D eigenvalue weighted by Gasteiger charge is 2.32. The monoisotopic (exact) mass is 429 g/mol. The van der Waals surface area contributed by atoms with E-state index in [2.05, 4.69) is 15.3 Å². The van der Waals surface area contributed by atoms with Crippen LogP contribution in [-0.2, 0) is 15.5 Å². The van der Waals surface area contributed by atoms with Crippen molar-refractivity contribution in [2.24, 2.45) is 0 Å². The van der Waals surface area contributed by atoms with E-state index in [0.29, 0.717) is 30.5 Å². The first kappa shape index (κ1) is 19.8. The summed E-state index contributed by atoms with van der Waals surface area (Å²) in [7, 11) is 0. The molecule has 1 saturated carbocycles. The van der Waals surface area contributed by atoms with E-state index in [4.69, 9.17) is 14.6 Å². The average molecular weight is 429 g/mol. The Morgan fingerprint density at radius 3 is 2.68 bits per heavy atom. The van der Waals surface area contributed by atoms with Gasteiger partial charge in [0.25, 0.3) is 5.92 Å². The normalized spacial score (nSPS) is 16.9. The predicted octanol–water partition coefficient (Wildman–Crippen LogP) is 3.54. The fourth-order valence-corrected chi connectivity index (χ4v) is 3.48. The summed E-state index contributed by atoms with van der Waals surface area (Å²) in [6, 6.07) is 4.52.